The van der Waals surface area contributed by atoms with Gasteiger partial charge in [-0.15, -0.1) is 5.10 Å². The van der Waals surface area contributed by atoms with Crippen molar-refractivity contribution in [2.75, 3.05) is 5.32 Å². The average molecular weight is 273 g/mol. The molecular weight excluding hydrogens is 267 g/mol. The van der Waals surface area contributed by atoms with Crippen LogP contribution in [0.25, 0.3) is 0 Å². The van der Waals surface area contributed by atoms with Crippen molar-refractivity contribution in [2.45, 2.75) is 0 Å². The molecule has 0 unspecified atom stereocenters. The first-order chi connectivity index (χ1) is 8.06. The molecule has 1 N–H and O–H groups in total. The summed E-state index contributed by atoms with van der Waals surface area (Å²) >= 11 is 11.5. The predicted octanol–water partition coefficient (Wildman–Crippen LogP) is 1.16. The standard InChI is InChI=1S/C8H6Cl2N6O/c1-16-14-8(13-15-16)12-7(17)6-4(9)2-3-5(10)11-6/h2-3H,1H3,(H,12,14,17). The summed E-state index contributed by atoms with van der Waals surface area (Å²) in [7, 11) is 1.58. The van der Waals surface area contributed by atoms with Crippen LogP contribution in [0.1, 0.15) is 10.5 Å². The van der Waals surface area contributed by atoms with Crippen molar-refractivity contribution < 1.29 is 4.79 Å². The maximum Gasteiger partial charge on any atom is 0.278 e. The van der Waals surface area contributed by atoms with Gasteiger partial charge in [-0.05, 0) is 17.3 Å². The molecule has 9 heteroatoms. The highest BCUT2D eigenvalue weighted by molar-refractivity contribution is 6.35. The minimum Gasteiger partial charge on any atom is -0.286 e. The molecular formula is C8H6Cl2N6O. The molecule has 0 aliphatic heterocycles. The zero-order valence-electron chi connectivity index (χ0n) is 8.55. The van der Waals surface area contributed by atoms with Gasteiger partial charge >= 0.3 is 0 Å². The molecule has 0 bridgehead atoms. The number of aromatic nitrogens is 5. The molecule has 0 radical (unpaired) electrons. The molecule has 2 aromatic rings. The summed E-state index contributed by atoms with van der Waals surface area (Å²) in [5.74, 6) is -0.485. The number of anilines is 1. The van der Waals surface area contributed by atoms with Crippen molar-refractivity contribution in [1.29, 1.82) is 0 Å². The van der Waals surface area contributed by atoms with Crippen LogP contribution < -0.4 is 5.32 Å². The predicted molar refractivity (Wildman–Crippen MR) is 61.0 cm³/mol. The minimum atomic E-state index is -0.550. The van der Waals surface area contributed by atoms with E-state index in [2.05, 4.69) is 25.7 Å². The zero-order valence-corrected chi connectivity index (χ0v) is 10.1. The summed E-state index contributed by atoms with van der Waals surface area (Å²) in [6, 6.07) is 2.97. The van der Waals surface area contributed by atoms with Gasteiger partial charge in [-0.3, -0.25) is 10.1 Å². The lowest BCUT2D eigenvalue weighted by molar-refractivity contribution is 0.102. The van der Waals surface area contributed by atoms with Crippen LogP contribution in [0.4, 0.5) is 5.95 Å². The summed E-state index contributed by atoms with van der Waals surface area (Å²) < 4.78 is 0. The second-order valence-corrected chi connectivity index (χ2v) is 3.82. The lowest BCUT2D eigenvalue weighted by Gasteiger charge is -2.02. The summed E-state index contributed by atoms with van der Waals surface area (Å²) in [5.41, 5.74) is 0.00613. The van der Waals surface area contributed by atoms with E-state index < -0.39 is 5.91 Å². The number of nitrogens with zero attached hydrogens (tertiary/aromatic N) is 5. The number of carbonyl (C=O) groups excluding carboxylic acids is 1. The van der Waals surface area contributed by atoms with E-state index in [1.165, 1.54) is 16.9 Å². The van der Waals surface area contributed by atoms with Gasteiger partial charge in [-0.25, -0.2) is 4.98 Å². The van der Waals surface area contributed by atoms with E-state index in [0.29, 0.717) is 0 Å². The van der Waals surface area contributed by atoms with E-state index in [0.717, 1.165) is 0 Å². The summed E-state index contributed by atoms with van der Waals surface area (Å²) in [4.78, 5) is 16.8. The molecule has 0 saturated carbocycles. The van der Waals surface area contributed by atoms with E-state index in [9.17, 15) is 4.79 Å². The van der Waals surface area contributed by atoms with Crippen LogP contribution in [0.15, 0.2) is 12.1 Å². The third kappa shape index (κ3) is 2.69. The first kappa shape index (κ1) is 11.7. The van der Waals surface area contributed by atoms with Crippen LogP contribution in [0.2, 0.25) is 10.2 Å². The van der Waals surface area contributed by atoms with Crippen molar-refractivity contribution >= 4 is 35.1 Å². The highest BCUT2D eigenvalue weighted by atomic mass is 35.5. The molecule has 0 saturated heterocycles. The van der Waals surface area contributed by atoms with Crippen molar-refractivity contribution in [2.24, 2.45) is 7.05 Å². The van der Waals surface area contributed by atoms with Gasteiger partial charge < -0.3 is 0 Å². The molecule has 0 spiro atoms. The van der Waals surface area contributed by atoms with Gasteiger partial charge in [0.05, 0.1) is 12.1 Å². The molecule has 0 aromatic carbocycles. The Morgan fingerprint density at radius 2 is 2.18 bits per heavy atom. The van der Waals surface area contributed by atoms with Gasteiger partial charge in [0, 0.05) is 0 Å². The smallest absolute Gasteiger partial charge is 0.278 e. The number of aryl methyl sites for hydroxylation is 1. The number of halogens is 2. The van der Waals surface area contributed by atoms with Gasteiger partial charge in [-0.1, -0.05) is 28.3 Å². The molecule has 1 amide bonds. The minimum absolute atomic E-state index is 0.00613. The van der Waals surface area contributed by atoms with Gasteiger partial charge in [-0.2, -0.15) is 4.80 Å². The zero-order chi connectivity index (χ0) is 12.4. The maximum atomic E-state index is 11.8. The number of nitrogens with one attached hydrogen (secondary N) is 1. The molecule has 2 rings (SSSR count). The summed E-state index contributed by atoms with van der Waals surface area (Å²) in [6.45, 7) is 0. The van der Waals surface area contributed by atoms with Crippen LogP contribution in [-0.2, 0) is 7.05 Å². The van der Waals surface area contributed by atoms with Crippen molar-refractivity contribution in [3.63, 3.8) is 0 Å². The maximum absolute atomic E-state index is 11.8. The van der Waals surface area contributed by atoms with Gasteiger partial charge in [0.25, 0.3) is 11.9 Å². The average Bonchev–Trinajstić information content (AvgIpc) is 2.67. The molecule has 7 nitrogen and oxygen atoms in total. The van der Waals surface area contributed by atoms with Crippen molar-refractivity contribution in [3.05, 3.63) is 28.0 Å². The largest absolute Gasteiger partial charge is 0.286 e. The number of tetrazole rings is 1. The van der Waals surface area contributed by atoms with E-state index in [1.54, 1.807) is 7.05 Å². The number of amides is 1. The van der Waals surface area contributed by atoms with E-state index >= 15 is 0 Å². The van der Waals surface area contributed by atoms with E-state index in [-0.39, 0.29) is 21.8 Å². The summed E-state index contributed by atoms with van der Waals surface area (Å²) in [5, 5.41) is 13.7. The van der Waals surface area contributed by atoms with E-state index in [1.807, 2.05) is 0 Å². The van der Waals surface area contributed by atoms with Crippen LogP contribution in [0.3, 0.4) is 0 Å². The number of carbonyl (C=O) groups is 1. The SMILES string of the molecule is Cn1nnc(NC(=O)c2nc(Cl)ccc2Cl)n1. The molecule has 0 aliphatic rings. The molecule has 88 valence electrons. The normalized spacial score (nSPS) is 10.3. The molecule has 2 heterocycles. The van der Waals surface area contributed by atoms with Gasteiger partial charge in [0.15, 0.2) is 0 Å². The summed E-state index contributed by atoms with van der Waals surface area (Å²) in [6.07, 6.45) is 0. The van der Waals surface area contributed by atoms with Crippen molar-refractivity contribution in [3.8, 4) is 0 Å². The Labute approximate surface area is 106 Å². The fraction of sp³-hybridized carbons (Fsp3) is 0.125. The Bertz CT molecular complexity index is 569. The second-order valence-electron chi connectivity index (χ2n) is 3.02. The van der Waals surface area contributed by atoms with Gasteiger partial charge in [0.2, 0.25) is 0 Å². The van der Waals surface area contributed by atoms with Crippen LogP contribution in [0.5, 0.6) is 0 Å². The van der Waals surface area contributed by atoms with Crippen LogP contribution in [-0.4, -0.2) is 31.1 Å². The monoisotopic (exact) mass is 272 g/mol. The quantitative estimate of drug-likeness (QED) is 0.830. The van der Waals surface area contributed by atoms with Crippen LogP contribution >= 0.6 is 23.2 Å². The lowest BCUT2D eigenvalue weighted by Crippen LogP contribution is -2.15. The van der Waals surface area contributed by atoms with Gasteiger partial charge in [0.1, 0.15) is 10.8 Å². The number of rotatable bonds is 2. The van der Waals surface area contributed by atoms with Crippen molar-refractivity contribution in [1.82, 2.24) is 25.2 Å². The Morgan fingerprint density at radius 1 is 1.41 bits per heavy atom. The fourth-order valence-corrected chi connectivity index (χ4v) is 1.41. The number of hydrogen-bond acceptors (Lipinski definition) is 5. The van der Waals surface area contributed by atoms with E-state index in [4.69, 9.17) is 23.2 Å². The third-order valence-electron chi connectivity index (χ3n) is 1.76. The van der Waals surface area contributed by atoms with Crippen LogP contribution in [0, 0.1) is 0 Å². The second kappa shape index (κ2) is 4.64. The lowest BCUT2D eigenvalue weighted by atomic mass is 10.3. The highest BCUT2D eigenvalue weighted by Crippen LogP contribution is 2.17. The number of hydrogen-bond donors (Lipinski definition) is 1. The molecule has 0 aliphatic carbocycles. The Hall–Kier alpha value is -1.73. The number of pyridine rings is 1. The Balaban J connectivity index is 2.22. The highest BCUT2D eigenvalue weighted by Gasteiger charge is 2.15. The fourth-order valence-electron chi connectivity index (χ4n) is 1.07. The first-order valence-corrected chi connectivity index (χ1v) is 5.19. The molecule has 0 fully saturated rings. The topological polar surface area (TPSA) is 85.6 Å². The first-order valence-electron chi connectivity index (χ1n) is 4.43. The molecule has 2 aromatic heterocycles. The molecule has 17 heavy (non-hydrogen) atoms. The third-order valence-corrected chi connectivity index (χ3v) is 2.28. The Kier molecular flexibility index (Phi) is 3.21. The Morgan fingerprint density at radius 3 is 2.82 bits per heavy atom. The molecule has 0 atom stereocenters.